The molecule has 1 aliphatic carbocycles. The van der Waals surface area contributed by atoms with Gasteiger partial charge in [0.2, 0.25) is 17.2 Å². The van der Waals surface area contributed by atoms with Crippen molar-refractivity contribution in [3.8, 4) is 17.2 Å². The minimum absolute atomic E-state index is 0.127. The minimum atomic E-state index is -1.67. The van der Waals surface area contributed by atoms with Gasteiger partial charge < -0.3 is 19.1 Å². The molecule has 2 aliphatic rings. The molecule has 0 fully saturated rings. The Hall–Kier alpha value is -3.06. The van der Waals surface area contributed by atoms with Crippen molar-refractivity contribution in [1.82, 2.24) is 9.88 Å². The van der Waals surface area contributed by atoms with Crippen LogP contribution in [0.1, 0.15) is 29.4 Å². The number of allylic oxidation sites excluding steroid dienone is 1. The van der Waals surface area contributed by atoms with Crippen molar-refractivity contribution < 1.29 is 23.8 Å². The third-order valence-electron chi connectivity index (χ3n) is 5.91. The van der Waals surface area contributed by atoms with E-state index in [1.807, 2.05) is 37.1 Å². The first-order valence-electron chi connectivity index (χ1n) is 9.87. The van der Waals surface area contributed by atoms with Gasteiger partial charge in [0.15, 0.2) is 5.75 Å². The van der Waals surface area contributed by atoms with Crippen LogP contribution in [0.4, 0.5) is 0 Å². The fourth-order valence-electron chi connectivity index (χ4n) is 4.21. The fraction of sp³-hybridized carbons (Fsp3) is 0.348. The lowest BCUT2D eigenvalue weighted by molar-refractivity contribution is -0.129. The lowest BCUT2D eigenvalue weighted by Crippen LogP contribution is -2.55. The van der Waals surface area contributed by atoms with Crippen molar-refractivity contribution in [3.63, 3.8) is 0 Å². The Kier molecular flexibility index (Phi) is 5.39. The number of benzene rings is 1. The Bertz CT molecular complexity index is 1090. The first-order chi connectivity index (χ1) is 14.8. The number of Topliss-reactive ketones (excluding diaryl/α,β-unsaturated/α-hetero) is 1. The SMILES string of the molecule is COc1cc(OC)c2c(c1Cl)O[C@@]1(C(=O)C=C(N(C)Cc3ccccn3)C[C@H]1C)C2=O. The number of hydrogen-bond acceptors (Lipinski definition) is 7. The van der Waals surface area contributed by atoms with Gasteiger partial charge in [-0.25, -0.2) is 0 Å². The number of methoxy groups -OCH3 is 2. The number of carbonyl (C=O) groups excluding carboxylic acids is 2. The summed E-state index contributed by atoms with van der Waals surface area (Å²) in [5.41, 5.74) is 0.209. The minimum Gasteiger partial charge on any atom is -0.496 e. The smallest absolute Gasteiger partial charge is 0.236 e. The number of aromatic nitrogens is 1. The zero-order chi connectivity index (χ0) is 22.3. The Morgan fingerprint density at radius 2 is 2.00 bits per heavy atom. The van der Waals surface area contributed by atoms with E-state index in [0.717, 1.165) is 11.4 Å². The average molecular weight is 443 g/mol. The van der Waals surface area contributed by atoms with Gasteiger partial charge >= 0.3 is 0 Å². The highest BCUT2D eigenvalue weighted by molar-refractivity contribution is 6.36. The molecule has 2 aromatic rings. The molecule has 0 radical (unpaired) electrons. The summed E-state index contributed by atoms with van der Waals surface area (Å²) in [7, 11) is 4.80. The second-order valence-corrected chi connectivity index (χ2v) is 8.13. The summed E-state index contributed by atoms with van der Waals surface area (Å²) >= 11 is 6.42. The van der Waals surface area contributed by atoms with Crippen molar-refractivity contribution in [2.75, 3.05) is 21.3 Å². The third kappa shape index (κ3) is 3.24. The Morgan fingerprint density at radius 3 is 2.61 bits per heavy atom. The van der Waals surface area contributed by atoms with E-state index in [1.54, 1.807) is 6.20 Å². The molecule has 0 saturated carbocycles. The number of nitrogens with zero attached hydrogens (tertiary/aromatic N) is 2. The predicted molar refractivity (Wildman–Crippen MR) is 115 cm³/mol. The van der Waals surface area contributed by atoms with E-state index >= 15 is 0 Å². The maximum absolute atomic E-state index is 13.5. The third-order valence-corrected chi connectivity index (χ3v) is 6.27. The molecule has 1 aromatic carbocycles. The summed E-state index contributed by atoms with van der Waals surface area (Å²) in [5, 5.41) is 0.144. The lowest BCUT2D eigenvalue weighted by Gasteiger charge is -2.37. The van der Waals surface area contributed by atoms with E-state index in [0.29, 0.717) is 18.7 Å². The number of halogens is 1. The summed E-state index contributed by atoms with van der Waals surface area (Å²) in [6.07, 6.45) is 3.70. The molecule has 0 amide bonds. The van der Waals surface area contributed by atoms with Crippen molar-refractivity contribution in [3.05, 3.63) is 58.5 Å². The molecule has 162 valence electrons. The van der Waals surface area contributed by atoms with Crippen LogP contribution in [0.5, 0.6) is 17.2 Å². The number of ether oxygens (including phenoxy) is 3. The van der Waals surface area contributed by atoms with E-state index < -0.39 is 23.1 Å². The van der Waals surface area contributed by atoms with Crippen LogP contribution in [0.2, 0.25) is 5.02 Å². The maximum Gasteiger partial charge on any atom is 0.236 e. The summed E-state index contributed by atoms with van der Waals surface area (Å²) in [5.74, 6) is -0.569. The van der Waals surface area contributed by atoms with Gasteiger partial charge in [-0.05, 0) is 18.6 Å². The molecule has 2 heterocycles. The highest BCUT2D eigenvalue weighted by Gasteiger charge is 2.60. The van der Waals surface area contributed by atoms with Crippen LogP contribution in [0.25, 0.3) is 0 Å². The Morgan fingerprint density at radius 1 is 1.26 bits per heavy atom. The van der Waals surface area contributed by atoms with Gasteiger partial charge in [0.1, 0.15) is 22.1 Å². The zero-order valence-corrected chi connectivity index (χ0v) is 18.5. The van der Waals surface area contributed by atoms with Crippen LogP contribution in [-0.4, -0.2) is 48.3 Å². The average Bonchev–Trinajstić information content (AvgIpc) is 3.08. The number of ketones is 2. The van der Waals surface area contributed by atoms with Crippen molar-refractivity contribution in [1.29, 1.82) is 0 Å². The number of fused-ring (bicyclic) bond motifs is 1. The molecule has 1 aliphatic heterocycles. The summed E-state index contributed by atoms with van der Waals surface area (Å²) < 4.78 is 16.7. The first kappa shape index (κ1) is 21.2. The standard InChI is InChI=1S/C23H23ClN2O5/c1-13-9-15(26(2)12-14-7-5-6-8-25-14)10-18(27)23(13)22(28)19-16(29-3)11-17(30-4)20(24)21(19)31-23/h5-8,10-11,13H,9,12H2,1-4H3/t13-,23+/m1/s1. The van der Waals surface area contributed by atoms with Crippen LogP contribution in [0.3, 0.4) is 0 Å². The van der Waals surface area contributed by atoms with E-state index in [4.69, 9.17) is 25.8 Å². The zero-order valence-electron chi connectivity index (χ0n) is 17.8. The first-order valence-corrected chi connectivity index (χ1v) is 10.3. The summed E-state index contributed by atoms with van der Waals surface area (Å²) in [6, 6.07) is 7.23. The number of pyridine rings is 1. The molecule has 4 rings (SSSR count). The molecule has 8 heteroatoms. The molecule has 1 spiro atoms. The van der Waals surface area contributed by atoms with Gasteiger partial charge in [0.25, 0.3) is 0 Å². The maximum atomic E-state index is 13.5. The van der Waals surface area contributed by atoms with Crippen LogP contribution in [-0.2, 0) is 11.3 Å². The van der Waals surface area contributed by atoms with E-state index in [2.05, 4.69) is 4.98 Å². The predicted octanol–water partition coefficient (Wildman–Crippen LogP) is 3.69. The highest BCUT2D eigenvalue weighted by Crippen LogP contribution is 2.53. The summed E-state index contributed by atoms with van der Waals surface area (Å²) in [4.78, 5) is 33.2. The molecule has 0 bridgehead atoms. The number of rotatable bonds is 5. The van der Waals surface area contributed by atoms with Crippen LogP contribution in [0.15, 0.2) is 42.2 Å². The van der Waals surface area contributed by atoms with Crippen LogP contribution in [0, 0.1) is 5.92 Å². The van der Waals surface area contributed by atoms with Crippen molar-refractivity contribution >= 4 is 23.2 Å². The largest absolute Gasteiger partial charge is 0.496 e. The molecule has 7 nitrogen and oxygen atoms in total. The molecule has 1 aromatic heterocycles. The van der Waals surface area contributed by atoms with Crippen LogP contribution < -0.4 is 14.2 Å². The molecule has 2 atom stereocenters. The van der Waals surface area contributed by atoms with Gasteiger partial charge in [-0.3, -0.25) is 14.6 Å². The van der Waals surface area contributed by atoms with Crippen molar-refractivity contribution in [2.24, 2.45) is 5.92 Å². The van der Waals surface area contributed by atoms with Gasteiger partial charge in [-0.2, -0.15) is 0 Å². The molecule has 0 unspecified atom stereocenters. The molecule has 0 N–H and O–H groups in total. The normalized spacial score (nSPS) is 22.1. The van der Waals surface area contributed by atoms with Gasteiger partial charge in [-0.15, -0.1) is 0 Å². The molecule has 0 saturated heterocycles. The van der Waals surface area contributed by atoms with E-state index in [9.17, 15) is 9.59 Å². The number of carbonyl (C=O) groups is 2. The number of hydrogen-bond donors (Lipinski definition) is 0. The van der Waals surface area contributed by atoms with Gasteiger partial charge in [0, 0.05) is 37.0 Å². The van der Waals surface area contributed by atoms with Gasteiger partial charge in [0.05, 0.1) is 26.5 Å². The fourth-order valence-corrected chi connectivity index (χ4v) is 4.47. The van der Waals surface area contributed by atoms with Crippen molar-refractivity contribution in [2.45, 2.75) is 25.5 Å². The quantitative estimate of drug-likeness (QED) is 0.653. The summed E-state index contributed by atoms with van der Waals surface area (Å²) in [6.45, 7) is 2.38. The second kappa shape index (κ2) is 7.89. The highest BCUT2D eigenvalue weighted by atomic mass is 35.5. The monoisotopic (exact) mass is 442 g/mol. The van der Waals surface area contributed by atoms with E-state index in [-0.39, 0.29) is 22.1 Å². The Balaban J connectivity index is 1.70. The van der Waals surface area contributed by atoms with Crippen LogP contribution >= 0.6 is 11.6 Å². The molecular weight excluding hydrogens is 420 g/mol. The second-order valence-electron chi connectivity index (χ2n) is 7.75. The topological polar surface area (TPSA) is 78.0 Å². The lowest BCUT2D eigenvalue weighted by atomic mass is 9.74. The van der Waals surface area contributed by atoms with E-state index in [1.165, 1.54) is 26.4 Å². The van der Waals surface area contributed by atoms with Gasteiger partial charge in [-0.1, -0.05) is 24.6 Å². The Labute approximate surface area is 185 Å². The molecule has 31 heavy (non-hydrogen) atoms. The molecular formula is C23H23ClN2O5.